The topological polar surface area (TPSA) is 46.6 Å². The van der Waals surface area contributed by atoms with Gasteiger partial charge in [0.05, 0.1) is 15.0 Å². The quantitative estimate of drug-likeness (QED) is 0.206. The molecule has 0 N–H and O–H groups in total. The molecule has 3 aromatic carbocycles. The summed E-state index contributed by atoms with van der Waals surface area (Å²) in [4.78, 5) is 26.8. The largest absolute Gasteiger partial charge is 0.486 e. The number of halogens is 3. The third-order valence-corrected chi connectivity index (χ3v) is 7.14. The summed E-state index contributed by atoms with van der Waals surface area (Å²) in [6.45, 7) is 0.662. The van der Waals surface area contributed by atoms with Crippen molar-refractivity contribution in [2.75, 3.05) is 6.54 Å². The SMILES string of the molecule is O=C1S/C(=C\c2cc(Cl)c(OCc3ccc(I)cc3)c(Cl)c2)C(=O)N1CCc1ccccc1. The van der Waals surface area contributed by atoms with Crippen LogP contribution in [-0.2, 0) is 17.8 Å². The normalized spacial score (nSPS) is 14.9. The van der Waals surface area contributed by atoms with E-state index in [0.717, 1.165) is 26.5 Å². The van der Waals surface area contributed by atoms with Gasteiger partial charge in [0.1, 0.15) is 6.61 Å². The number of hydrogen-bond acceptors (Lipinski definition) is 4. The number of benzene rings is 3. The lowest BCUT2D eigenvalue weighted by molar-refractivity contribution is -0.122. The second-order valence-electron chi connectivity index (χ2n) is 7.30. The first-order valence-electron chi connectivity index (χ1n) is 10.1. The summed E-state index contributed by atoms with van der Waals surface area (Å²) in [7, 11) is 0. The second kappa shape index (κ2) is 11.0. The van der Waals surface area contributed by atoms with Crippen LogP contribution in [0, 0.1) is 3.57 Å². The third-order valence-electron chi connectivity index (χ3n) is 4.96. The molecule has 0 atom stereocenters. The monoisotopic (exact) mass is 609 g/mol. The number of amides is 2. The molecule has 0 spiro atoms. The third kappa shape index (κ3) is 6.12. The van der Waals surface area contributed by atoms with E-state index in [4.69, 9.17) is 27.9 Å². The van der Waals surface area contributed by atoms with Gasteiger partial charge in [0.15, 0.2) is 5.75 Å². The van der Waals surface area contributed by atoms with E-state index in [0.29, 0.717) is 45.8 Å². The summed E-state index contributed by atoms with van der Waals surface area (Å²) >= 11 is 16.0. The predicted octanol–water partition coefficient (Wildman–Crippen LogP) is 7.46. The number of carbonyl (C=O) groups excluding carboxylic acids is 2. The van der Waals surface area contributed by atoms with Crippen LogP contribution >= 0.6 is 57.6 Å². The molecule has 0 saturated carbocycles. The van der Waals surface area contributed by atoms with Crippen LogP contribution in [0.15, 0.2) is 71.6 Å². The van der Waals surface area contributed by atoms with Gasteiger partial charge in [-0.05, 0) is 87.8 Å². The zero-order valence-electron chi connectivity index (χ0n) is 17.3. The average molecular weight is 610 g/mol. The first kappa shape index (κ1) is 24.1. The molecule has 0 aliphatic carbocycles. The van der Waals surface area contributed by atoms with Crippen LogP contribution in [-0.4, -0.2) is 22.6 Å². The highest BCUT2D eigenvalue weighted by atomic mass is 127. The lowest BCUT2D eigenvalue weighted by Crippen LogP contribution is -2.30. The van der Waals surface area contributed by atoms with Crippen molar-refractivity contribution < 1.29 is 14.3 Å². The number of nitrogens with zero attached hydrogens (tertiary/aromatic N) is 1. The Kier molecular flexibility index (Phi) is 8.01. The molecule has 4 nitrogen and oxygen atoms in total. The molecule has 0 radical (unpaired) electrons. The maximum atomic E-state index is 12.8. The molecule has 4 rings (SSSR count). The molecule has 1 heterocycles. The van der Waals surface area contributed by atoms with Crippen LogP contribution in [0.5, 0.6) is 5.75 Å². The van der Waals surface area contributed by atoms with Crippen molar-refractivity contribution in [3.8, 4) is 5.75 Å². The minimum atomic E-state index is -0.313. The van der Waals surface area contributed by atoms with Crippen LogP contribution in [0.2, 0.25) is 10.0 Å². The molecule has 3 aromatic rings. The minimum Gasteiger partial charge on any atom is -0.486 e. The first-order valence-corrected chi connectivity index (χ1v) is 12.7. The Bertz CT molecular complexity index is 1190. The van der Waals surface area contributed by atoms with Gasteiger partial charge < -0.3 is 4.74 Å². The van der Waals surface area contributed by atoms with Crippen LogP contribution in [0.4, 0.5) is 4.79 Å². The van der Waals surface area contributed by atoms with Gasteiger partial charge in [0.25, 0.3) is 11.1 Å². The van der Waals surface area contributed by atoms with E-state index in [1.165, 1.54) is 4.90 Å². The number of imide groups is 1. The highest BCUT2D eigenvalue weighted by molar-refractivity contribution is 14.1. The predicted molar refractivity (Wildman–Crippen MR) is 143 cm³/mol. The number of thioether (sulfide) groups is 1. The molecule has 0 aromatic heterocycles. The Hall–Kier alpha value is -2.00. The number of hydrogen-bond donors (Lipinski definition) is 0. The van der Waals surface area contributed by atoms with E-state index in [-0.39, 0.29) is 11.1 Å². The van der Waals surface area contributed by atoms with Crippen molar-refractivity contribution in [1.82, 2.24) is 4.90 Å². The molecule has 33 heavy (non-hydrogen) atoms. The summed E-state index contributed by atoms with van der Waals surface area (Å²) in [5.74, 6) is 0.0669. The summed E-state index contributed by atoms with van der Waals surface area (Å²) < 4.78 is 6.97. The molecule has 1 fully saturated rings. The summed E-state index contributed by atoms with van der Waals surface area (Å²) in [6, 6.07) is 21.1. The number of carbonyl (C=O) groups is 2. The Morgan fingerprint density at radius 2 is 1.61 bits per heavy atom. The molecule has 0 bridgehead atoms. The molecule has 1 saturated heterocycles. The van der Waals surface area contributed by atoms with E-state index >= 15 is 0 Å². The van der Waals surface area contributed by atoms with Gasteiger partial charge in [-0.2, -0.15) is 0 Å². The van der Waals surface area contributed by atoms with Crippen molar-refractivity contribution in [2.45, 2.75) is 13.0 Å². The summed E-state index contributed by atoms with van der Waals surface area (Å²) in [5, 5.41) is 0.391. The lowest BCUT2D eigenvalue weighted by atomic mass is 10.1. The van der Waals surface area contributed by atoms with Gasteiger partial charge in [0, 0.05) is 10.1 Å². The van der Waals surface area contributed by atoms with Gasteiger partial charge in [-0.3, -0.25) is 14.5 Å². The van der Waals surface area contributed by atoms with Gasteiger partial charge in [0.2, 0.25) is 0 Å². The molecule has 168 valence electrons. The van der Waals surface area contributed by atoms with Crippen molar-refractivity contribution in [2.24, 2.45) is 0 Å². The summed E-state index contributed by atoms with van der Waals surface area (Å²) in [5.41, 5.74) is 2.69. The van der Waals surface area contributed by atoms with Crippen molar-refractivity contribution in [1.29, 1.82) is 0 Å². The van der Waals surface area contributed by atoms with Crippen LogP contribution in [0.1, 0.15) is 16.7 Å². The highest BCUT2D eigenvalue weighted by Gasteiger charge is 2.34. The number of rotatable bonds is 7. The minimum absolute atomic E-state index is 0.281. The smallest absolute Gasteiger partial charge is 0.293 e. The van der Waals surface area contributed by atoms with Crippen molar-refractivity contribution >= 4 is 74.8 Å². The Balaban J connectivity index is 1.45. The summed E-state index contributed by atoms with van der Waals surface area (Å²) in [6.07, 6.45) is 2.24. The van der Waals surface area contributed by atoms with E-state index in [2.05, 4.69) is 22.6 Å². The lowest BCUT2D eigenvalue weighted by Gasteiger charge is -2.12. The standard InChI is InChI=1S/C25H18Cl2INO3S/c26-20-12-18(13-21(27)23(20)32-15-17-6-8-19(28)9-7-17)14-22-24(30)29(25(31)33-22)11-10-16-4-2-1-3-5-16/h1-9,12-14H,10-11,15H2/b22-14-. The van der Waals surface area contributed by atoms with Crippen LogP contribution in [0.3, 0.4) is 0 Å². The first-order chi connectivity index (χ1) is 15.9. The van der Waals surface area contributed by atoms with Gasteiger partial charge >= 0.3 is 0 Å². The fourth-order valence-electron chi connectivity index (χ4n) is 3.27. The van der Waals surface area contributed by atoms with Gasteiger partial charge in [-0.25, -0.2) is 0 Å². The van der Waals surface area contributed by atoms with E-state index in [9.17, 15) is 9.59 Å². The second-order valence-corrected chi connectivity index (χ2v) is 10.4. The Morgan fingerprint density at radius 1 is 0.939 bits per heavy atom. The molecule has 8 heteroatoms. The van der Waals surface area contributed by atoms with Crippen molar-refractivity contribution in [3.63, 3.8) is 0 Å². The van der Waals surface area contributed by atoms with Crippen LogP contribution < -0.4 is 4.74 Å². The molecular weight excluding hydrogens is 592 g/mol. The zero-order valence-corrected chi connectivity index (χ0v) is 21.7. The maximum Gasteiger partial charge on any atom is 0.293 e. The molecule has 1 aliphatic heterocycles. The fraction of sp³-hybridized carbons (Fsp3) is 0.120. The molecule has 1 aliphatic rings. The Labute approximate surface area is 220 Å². The van der Waals surface area contributed by atoms with Gasteiger partial charge in [-0.15, -0.1) is 0 Å². The zero-order chi connectivity index (χ0) is 23.4. The Morgan fingerprint density at radius 3 is 2.27 bits per heavy atom. The van der Waals surface area contributed by atoms with E-state index in [1.807, 2.05) is 54.6 Å². The molecular formula is C25H18Cl2INO3S. The van der Waals surface area contributed by atoms with Gasteiger partial charge in [-0.1, -0.05) is 65.7 Å². The van der Waals surface area contributed by atoms with Crippen molar-refractivity contribution in [3.05, 3.63) is 102 Å². The average Bonchev–Trinajstić information content (AvgIpc) is 3.06. The van der Waals surface area contributed by atoms with Crippen LogP contribution in [0.25, 0.3) is 6.08 Å². The highest BCUT2D eigenvalue weighted by Crippen LogP contribution is 2.37. The molecule has 2 amide bonds. The number of ether oxygens (including phenoxy) is 1. The van der Waals surface area contributed by atoms with E-state index < -0.39 is 0 Å². The van der Waals surface area contributed by atoms with E-state index in [1.54, 1.807) is 18.2 Å². The maximum absolute atomic E-state index is 12.8. The fourth-order valence-corrected chi connectivity index (χ4v) is 5.10. The molecule has 0 unspecified atom stereocenters.